The molecule has 3 aromatic rings. The van der Waals surface area contributed by atoms with E-state index in [4.69, 9.17) is 16.3 Å². The summed E-state index contributed by atoms with van der Waals surface area (Å²) < 4.78 is 6.74. The SMILES string of the molecule is COc1ccc(-c2ccn(CC(=O)NC3(C(=O)NCCNC(=O)c4ccc(Cl)cc4)CCNCC3)n2)cc1. The lowest BCUT2D eigenvalue weighted by molar-refractivity contribution is -0.135. The molecule has 4 rings (SSSR count). The van der Waals surface area contributed by atoms with Gasteiger partial charge in [-0.05, 0) is 80.5 Å². The third-order valence-corrected chi connectivity index (χ3v) is 6.66. The first kappa shape index (κ1) is 27.2. The molecule has 3 amide bonds. The maximum absolute atomic E-state index is 13.2. The van der Waals surface area contributed by atoms with Crippen LogP contribution in [-0.2, 0) is 16.1 Å². The van der Waals surface area contributed by atoms with Crippen molar-refractivity contribution in [3.8, 4) is 17.0 Å². The van der Waals surface area contributed by atoms with Crippen LogP contribution in [0.3, 0.4) is 0 Å². The number of carbonyl (C=O) groups is 3. The third kappa shape index (κ3) is 6.90. The number of hydrogen-bond donors (Lipinski definition) is 4. The lowest BCUT2D eigenvalue weighted by Gasteiger charge is -2.37. The molecule has 2 aromatic carbocycles. The van der Waals surface area contributed by atoms with Gasteiger partial charge in [0.25, 0.3) is 5.91 Å². The fourth-order valence-electron chi connectivity index (χ4n) is 4.31. The minimum atomic E-state index is -1.03. The fourth-order valence-corrected chi connectivity index (χ4v) is 4.43. The number of piperidine rings is 1. The lowest BCUT2D eigenvalue weighted by Crippen LogP contribution is -2.63. The van der Waals surface area contributed by atoms with Gasteiger partial charge in [0.1, 0.15) is 17.8 Å². The smallest absolute Gasteiger partial charge is 0.251 e. The van der Waals surface area contributed by atoms with Crippen LogP contribution in [0.2, 0.25) is 5.02 Å². The molecule has 10 nitrogen and oxygen atoms in total. The van der Waals surface area contributed by atoms with Crippen LogP contribution in [0.15, 0.2) is 60.8 Å². The van der Waals surface area contributed by atoms with E-state index in [-0.39, 0.29) is 37.4 Å². The van der Waals surface area contributed by atoms with Crippen LogP contribution in [0.4, 0.5) is 0 Å². The molecule has 1 fully saturated rings. The van der Waals surface area contributed by atoms with Crippen LogP contribution in [0.5, 0.6) is 5.75 Å². The molecule has 0 spiro atoms. The second-order valence-corrected chi connectivity index (χ2v) is 9.46. The van der Waals surface area contributed by atoms with Crippen LogP contribution < -0.4 is 26.0 Å². The van der Waals surface area contributed by atoms with E-state index in [9.17, 15) is 14.4 Å². The van der Waals surface area contributed by atoms with Crippen LogP contribution in [0, 0.1) is 0 Å². The topological polar surface area (TPSA) is 126 Å². The summed E-state index contributed by atoms with van der Waals surface area (Å²) in [6.07, 6.45) is 2.65. The minimum Gasteiger partial charge on any atom is -0.497 e. The van der Waals surface area contributed by atoms with Gasteiger partial charge in [-0.25, -0.2) is 0 Å². The lowest BCUT2D eigenvalue weighted by atomic mass is 9.87. The monoisotopic (exact) mass is 538 g/mol. The maximum atomic E-state index is 13.2. The second-order valence-electron chi connectivity index (χ2n) is 9.03. The van der Waals surface area contributed by atoms with Crippen molar-refractivity contribution >= 4 is 29.3 Å². The first-order valence-corrected chi connectivity index (χ1v) is 12.8. The highest BCUT2D eigenvalue weighted by Gasteiger charge is 2.40. The van der Waals surface area contributed by atoms with Gasteiger partial charge < -0.3 is 26.0 Å². The fraction of sp³-hybridized carbons (Fsp3) is 0.333. The van der Waals surface area contributed by atoms with Crippen LogP contribution in [0.1, 0.15) is 23.2 Å². The molecule has 4 N–H and O–H groups in total. The molecule has 200 valence electrons. The number of carbonyl (C=O) groups excluding carboxylic acids is 3. The molecule has 0 unspecified atom stereocenters. The summed E-state index contributed by atoms with van der Waals surface area (Å²) in [6.45, 7) is 1.66. The predicted octanol–water partition coefficient (Wildman–Crippen LogP) is 2.00. The Balaban J connectivity index is 1.30. The van der Waals surface area contributed by atoms with Crippen molar-refractivity contribution in [2.24, 2.45) is 0 Å². The molecule has 0 atom stereocenters. The number of ether oxygens (including phenoxy) is 1. The maximum Gasteiger partial charge on any atom is 0.251 e. The number of rotatable bonds is 10. The van der Waals surface area contributed by atoms with Crippen molar-refractivity contribution in [3.05, 3.63) is 71.4 Å². The average molecular weight is 539 g/mol. The summed E-state index contributed by atoms with van der Waals surface area (Å²) in [6, 6.07) is 15.9. The Hall–Kier alpha value is -3.89. The highest BCUT2D eigenvalue weighted by molar-refractivity contribution is 6.30. The standard InChI is InChI=1S/C27H31ClN6O4/c1-38-22-8-4-19(5-9-22)23-10-17-34(33-23)18-24(35)32-27(11-13-29-14-12-27)26(37)31-16-15-30-25(36)20-2-6-21(28)7-3-20/h2-10,17,29H,11-16,18H2,1H3,(H,30,36)(H,31,37)(H,32,35). The number of benzene rings is 2. The largest absolute Gasteiger partial charge is 0.497 e. The van der Waals surface area contributed by atoms with E-state index < -0.39 is 5.54 Å². The Morgan fingerprint density at radius 1 is 1.00 bits per heavy atom. The first-order chi connectivity index (χ1) is 18.4. The van der Waals surface area contributed by atoms with Gasteiger partial charge in [-0.3, -0.25) is 19.1 Å². The van der Waals surface area contributed by atoms with Crippen molar-refractivity contribution < 1.29 is 19.1 Å². The van der Waals surface area contributed by atoms with Crippen LogP contribution in [0.25, 0.3) is 11.3 Å². The van der Waals surface area contributed by atoms with Crippen molar-refractivity contribution in [2.45, 2.75) is 24.9 Å². The zero-order valence-corrected chi connectivity index (χ0v) is 21.9. The van der Waals surface area contributed by atoms with Crippen LogP contribution in [-0.4, -0.2) is 66.3 Å². The highest BCUT2D eigenvalue weighted by atomic mass is 35.5. The molecule has 0 saturated carbocycles. The number of halogens is 1. The van der Waals surface area contributed by atoms with E-state index in [1.807, 2.05) is 30.3 Å². The van der Waals surface area contributed by atoms with Gasteiger partial charge in [-0.1, -0.05) is 11.6 Å². The number of methoxy groups -OCH3 is 1. The first-order valence-electron chi connectivity index (χ1n) is 12.4. The zero-order chi connectivity index (χ0) is 27.0. The Bertz CT molecular complexity index is 1250. The van der Waals surface area contributed by atoms with E-state index in [2.05, 4.69) is 26.4 Å². The quantitative estimate of drug-likeness (QED) is 0.292. The summed E-state index contributed by atoms with van der Waals surface area (Å²) in [5, 5.41) is 16.9. The summed E-state index contributed by atoms with van der Waals surface area (Å²) in [7, 11) is 1.61. The zero-order valence-electron chi connectivity index (χ0n) is 21.1. The van der Waals surface area contributed by atoms with E-state index >= 15 is 0 Å². The van der Waals surface area contributed by atoms with Gasteiger partial charge >= 0.3 is 0 Å². The predicted molar refractivity (Wildman–Crippen MR) is 144 cm³/mol. The number of aromatic nitrogens is 2. The van der Waals surface area contributed by atoms with Gasteiger partial charge in [0, 0.05) is 35.4 Å². The van der Waals surface area contributed by atoms with E-state index in [0.29, 0.717) is 36.5 Å². The van der Waals surface area contributed by atoms with Gasteiger partial charge in [-0.15, -0.1) is 0 Å². The van der Waals surface area contributed by atoms with Crippen molar-refractivity contribution in [1.82, 2.24) is 31.0 Å². The summed E-state index contributed by atoms with van der Waals surface area (Å²) in [5.74, 6) is -0.0778. The van der Waals surface area contributed by atoms with E-state index in [1.165, 1.54) is 0 Å². The van der Waals surface area contributed by atoms with E-state index in [0.717, 1.165) is 17.0 Å². The average Bonchev–Trinajstić information content (AvgIpc) is 3.40. The Morgan fingerprint density at radius 2 is 1.68 bits per heavy atom. The molecule has 1 aromatic heterocycles. The molecule has 2 heterocycles. The molecular weight excluding hydrogens is 508 g/mol. The molecular formula is C27H31ClN6O4. The normalized spacial score (nSPS) is 14.4. The third-order valence-electron chi connectivity index (χ3n) is 6.41. The molecule has 1 aliphatic heterocycles. The highest BCUT2D eigenvalue weighted by Crippen LogP contribution is 2.21. The number of nitrogens with one attached hydrogen (secondary N) is 4. The molecule has 1 saturated heterocycles. The summed E-state index contributed by atoms with van der Waals surface area (Å²) >= 11 is 5.86. The minimum absolute atomic E-state index is 0.0181. The van der Waals surface area contributed by atoms with Crippen LogP contribution >= 0.6 is 11.6 Å². The number of hydrogen-bond acceptors (Lipinski definition) is 6. The van der Waals surface area contributed by atoms with Gasteiger partial charge in [0.05, 0.1) is 12.8 Å². The van der Waals surface area contributed by atoms with Crippen molar-refractivity contribution in [3.63, 3.8) is 0 Å². The Kier molecular flexibility index (Phi) is 8.98. The molecule has 1 aliphatic rings. The second kappa shape index (κ2) is 12.6. The summed E-state index contributed by atoms with van der Waals surface area (Å²) in [4.78, 5) is 38.4. The molecule has 0 radical (unpaired) electrons. The molecule has 38 heavy (non-hydrogen) atoms. The Morgan fingerprint density at radius 3 is 2.37 bits per heavy atom. The van der Waals surface area contributed by atoms with Gasteiger partial charge in [0.2, 0.25) is 11.8 Å². The number of amides is 3. The van der Waals surface area contributed by atoms with Gasteiger partial charge in [0.15, 0.2) is 0 Å². The van der Waals surface area contributed by atoms with Crippen molar-refractivity contribution in [2.75, 3.05) is 33.3 Å². The number of nitrogens with zero attached hydrogens (tertiary/aromatic N) is 2. The Labute approximate surface area is 226 Å². The molecule has 0 aliphatic carbocycles. The van der Waals surface area contributed by atoms with Gasteiger partial charge in [-0.2, -0.15) is 5.10 Å². The van der Waals surface area contributed by atoms with E-state index in [1.54, 1.807) is 42.3 Å². The summed E-state index contributed by atoms with van der Waals surface area (Å²) in [5.41, 5.74) is 1.09. The van der Waals surface area contributed by atoms with Crippen molar-refractivity contribution in [1.29, 1.82) is 0 Å². The molecule has 0 bridgehead atoms. The molecule has 11 heteroatoms.